The molecule has 0 atom stereocenters. The molecule has 5 nitrogen and oxygen atoms in total. The SMILES string of the molecule is CCNC(=NCCCCOC(C)C)NN. The monoisotopic (exact) mass is 216 g/mol. The van der Waals surface area contributed by atoms with Gasteiger partial charge in [-0.15, -0.1) is 0 Å². The molecule has 4 N–H and O–H groups in total. The van der Waals surface area contributed by atoms with Gasteiger partial charge in [-0.3, -0.25) is 10.4 Å². The molecule has 0 aliphatic carbocycles. The second-order valence-electron chi connectivity index (χ2n) is 3.53. The molecule has 0 heterocycles. The molecule has 0 saturated carbocycles. The number of nitrogens with one attached hydrogen (secondary N) is 2. The summed E-state index contributed by atoms with van der Waals surface area (Å²) in [6, 6.07) is 0. The van der Waals surface area contributed by atoms with Crippen LogP contribution in [0, 0.1) is 0 Å². The number of nitrogens with two attached hydrogens (primary N) is 1. The van der Waals surface area contributed by atoms with E-state index >= 15 is 0 Å². The van der Waals surface area contributed by atoms with Gasteiger partial charge in [0.25, 0.3) is 0 Å². The molecule has 15 heavy (non-hydrogen) atoms. The molecule has 0 aliphatic rings. The zero-order valence-electron chi connectivity index (χ0n) is 10.0. The minimum atomic E-state index is 0.316. The Kier molecular flexibility index (Phi) is 9.21. The van der Waals surface area contributed by atoms with Crippen molar-refractivity contribution >= 4 is 5.96 Å². The average molecular weight is 216 g/mol. The van der Waals surface area contributed by atoms with Gasteiger partial charge in [0, 0.05) is 19.7 Å². The van der Waals surface area contributed by atoms with E-state index in [2.05, 4.69) is 15.7 Å². The molecule has 0 spiro atoms. The van der Waals surface area contributed by atoms with Crippen LogP contribution in [0.15, 0.2) is 4.99 Å². The maximum absolute atomic E-state index is 5.42. The fourth-order valence-electron chi connectivity index (χ4n) is 1.04. The highest BCUT2D eigenvalue weighted by molar-refractivity contribution is 5.78. The molecule has 0 saturated heterocycles. The van der Waals surface area contributed by atoms with Gasteiger partial charge in [-0.1, -0.05) is 0 Å². The van der Waals surface area contributed by atoms with Crippen LogP contribution in [0.2, 0.25) is 0 Å². The Bertz CT molecular complexity index is 171. The average Bonchev–Trinajstić information content (AvgIpc) is 2.21. The largest absolute Gasteiger partial charge is 0.379 e. The Balaban J connectivity index is 3.41. The Morgan fingerprint density at radius 2 is 2.13 bits per heavy atom. The van der Waals surface area contributed by atoms with Gasteiger partial charge in [0.05, 0.1) is 6.10 Å². The van der Waals surface area contributed by atoms with Crippen molar-refractivity contribution < 1.29 is 4.74 Å². The van der Waals surface area contributed by atoms with E-state index in [0.717, 1.165) is 32.5 Å². The summed E-state index contributed by atoms with van der Waals surface area (Å²) in [6.45, 7) is 8.48. The first-order valence-electron chi connectivity index (χ1n) is 5.57. The third kappa shape index (κ3) is 9.49. The molecule has 0 aromatic heterocycles. The van der Waals surface area contributed by atoms with E-state index in [1.165, 1.54) is 0 Å². The highest BCUT2D eigenvalue weighted by Crippen LogP contribution is 1.94. The van der Waals surface area contributed by atoms with Gasteiger partial charge in [0.15, 0.2) is 0 Å². The van der Waals surface area contributed by atoms with E-state index in [9.17, 15) is 0 Å². The van der Waals surface area contributed by atoms with E-state index in [0.29, 0.717) is 12.1 Å². The third-order valence-electron chi connectivity index (χ3n) is 1.75. The fraction of sp³-hybridized carbons (Fsp3) is 0.900. The fourth-order valence-corrected chi connectivity index (χ4v) is 1.04. The summed E-state index contributed by atoms with van der Waals surface area (Å²) in [5.74, 6) is 5.93. The van der Waals surface area contributed by atoms with E-state index in [-0.39, 0.29) is 0 Å². The Labute approximate surface area is 92.4 Å². The van der Waals surface area contributed by atoms with E-state index in [1.807, 2.05) is 20.8 Å². The number of unbranched alkanes of at least 4 members (excludes halogenated alkanes) is 1. The van der Waals surface area contributed by atoms with E-state index < -0.39 is 0 Å². The lowest BCUT2D eigenvalue weighted by Gasteiger charge is -2.07. The van der Waals surface area contributed by atoms with Crippen LogP contribution in [-0.4, -0.2) is 31.8 Å². The molecule has 0 aromatic carbocycles. The molecule has 5 heteroatoms. The number of ether oxygens (including phenoxy) is 1. The summed E-state index contributed by atoms with van der Waals surface area (Å²) < 4.78 is 5.42. The Morgan fingerprint density at radius 3 is 2.67 bits per heavy atom. The van der Waals surface area contributed by atoms with Crippen molar-refractivity contribution in [3.8, 4) is 0 Å². The first kappa shape index (κ1) is 14.2. The summed E-state index contributed by atoms with van der Waals surface area (Å²) >= 11 is 0. The van der Waals surface area contributed by atoms with Crippen LogP contribution < -0.4 is 16.6 Å². The van der Waals surface area contributed by atoms with Crippen molar-refractivity contribution in [1.29, 1.82) is 0 Å². The van der Waals surface area contributed by atoms with Gasteiger partial charge in [-0.25, -0.2) is 5.84 Å². The molecule has 0 aromatic rings. The first-order valence-corrected chi connectivity index (χ1v) is 5.57. The summed E-state index contributed by atoms with van der Waals surface area (Å²) in [4.78, 5) is 4.26. The summed E-state index contributed by atoms with van der Waals surface area (Å²) in [6.07, 6.45) is 2.37. The number of aliphatic imine (C=N–C) groups is 1. The lowest BCUT2D eigenvalue weighted by Crippen LogP contribution is -2.41. The highest BCUT2D eigenvalue weighted by Gasteiger charge is 1.94. The number of rotatable bonds is 7. The maximum atomic E-state index is 5.42. The second-order valence-corrected chi connectivity index (χ2v) is 3.53. The summed E-state index contributed by atoms with van der Waals surface area (Å²) in [7, 11) is 0. The molecule has 90 valence electrons. The Hall–Kier alpha value is -0.810. The lowest BCUT2D eigenvalue weighted by molar-refractivity contribution is 0.0764. The van der Waals surface area contributed by atoms with Crippen molar-refractivity contribution in [3.05, 3.63) is 0 Å². The minimum Gasteiger partial charge on any atom is -0.379 e. The lowest BCUT2D eigenvalue weighted by atomic mass is 10.3. The van der Waals surface area contributed by atoms with Gasteiger partial charge in [0.2, 0.25) is 5.96 Å². The van der Waals surface area contributed by atoms with E-state index in [4.69, 9.17) is 10.6 Å². The van der Waals surface area contributed by atoms with Crippen LogP contribution in [-0.2, 0) is 4.74 Å². The van der Waals surface area contributed by atoms with Crippen molar-refractivity contribution in [2.45, 2.75) is 39.7 Å². The van der Waals surface area contributed by atoms with Crippen molar-refractivity contribution in [3.63, 3.8) is 0 Å². The van der Waals surface area contributed by atoms with Crippen molar-refractivity contribution in [1.82, 2.24) is 10.7 Å². The minimum absolute atomic E-state index is 0.316. The van der Waals surface area contributed by atoms with Crippen LogP contribution in [0.25, 0.3) is 0 Å². The van der Waals surface area contributed by atoms with Gasteiger partial charge in [-0.05, 0) is 33.6 Å². The predicted octanol–water partition coefficient (Wildman–Crippen LogP) is 0.620. The molecule has 0 bridgehead atoms. The quantitative estimate of drug-likeness (QED) is 0.192. The number of hydrogen-bond donors (Lipinski definition) is 3. The smallest absolute Gasteiger partial charge is 0.205 e. The normalized spacial score (nSPS) is 11.9. The molecule has 0 fully saturated rings. The molecule has 0 rings (SSSR count). The summed E-state index contributed by atoms with van der Waals surface area (Å²) in [5, 5.41) is 3.02. The van der Waals surface area contributed by atoms with E-state index in [1.54, 1.807) is 0 Å². The highest BCUT2D eigenvalue weighted by atomic mass is 16.5. The number of guanidine groups is 1. The van der Waals surface area contributed by atoms with Crippen LogP contribution in [0.1, 0.15) is 33.6 Å². The standard InChI is InChI=1S/C10H24N4O/c1-4-12-10(14-11)13-7-5-6-8-15-9(2)3/h9H,4-8,11H2,1-3H3,(H2,12,13,14). The molecular formula is C10H24N4O. The van der Waals surface area contributed by atoms with Gasteiger partial charge < -0.3 is 10.1 Å². The molecule has 0 unspecified atom stereocenters. The second kappa shape index (κ2) is 9.73. The first-order chi connectivity index (χ1) is 7.20. The Morgan fingerprint density at radius 1 is 1.40 bits per heavy atom. The van der Waals surface area contributed by atoms with Gasteiger partial charge in [0.1, 0.15) is 0 Å². The maximum Gasteiger partial charge on any atom is 0.205 e. The van der Waals surface area contributed by atoms with Crippen LogP contribution >= 0.6 is 0 Å². The molecule has 0 radical (unpaired) electrons. The topological polar surface area (TPSA) is 71.7 Å². The van der Waals surface area contributed by atoms with Gasteiger partial charge in [-0.2, -0.15) is 0 Å². The van der Waals surface area contributed by atoms with Crippen LogP contribution in [0.3, 0.4) is 0 Å². The number of nitrogens with zero attached hydrogens (tertiary/aromatic N) is 1. The van der Waals surface area contributed by atoms with Crippen LogP contribution in [0.5, 0.6) is 0 Å². The summed E-state index contributed by atoms with van der Waals surface area (Å²) in [5.41, 5.74) is 2.52. The molecule has 0 aliphatic heterocycles. The predicted molar refractivity (Wildman–Crippen MR) is 63.6 cm³/mol. The van der Waals surface area contributed by atoms with Crippen molar-refractivity contribution in [2.75, 3.05) is 19.7 Å². The zero-order chi connectivity index (χ0) is 11.5. The molecular weight excluding hydrogens is 192 g/mol. The molecule has 0 amide bonds. The van der Waals surface area contributed by atoms with Crippen LogP contribution in [0.4, 0.5) is 0 Å². The van der Waals surface area contributed by atoms with Crippen molar-refractivity contribution in [2.24, 2.45) is 10.8 Å². The zero-order valence-corrected chi connectivity index (χ0v) is 10.0. The van der Waals surface area contributed by atoms with Gasteiger partial charge >= 0.3 is 0 Å². The number of hydrazine groups is 1. The number of hydrogen-bond acceptors (Lipinski definition) is 3. The third-order valence-corrected chi connectivity index (χ3v) is 1.75.